The molecule has 3 rings (SSSR count). The molecule has 8 nitrogen and oxygen atoms in total. The van der Waals surface area contributed by atoms with Crippen LogP contribution >= 0.6 is 35.6 Å². The zero-order chi connectivity index (χ0) is 22.2. The van der Waals surface area contributed by atoms with E-state index in [2.05, 4.69) is 44.9 Å². The maximum Gasteiger partial charge on any atom is 0.191 e. The quantitative estimate of drug-likeness (QED) is 0.218. The summed E-state index contributed by atoms with van der Waals surface area (Å²) in [6.45, 7) is 5.60. The van der Waals surface area contributed by atoms with E-state index in [9.17, 15) is 0 Å². The molecule has 1 saturated heterocycles. The number of rotatable bonds is 8. The summed E-state index contributed by atoms with van der Waals surface area (Å²) in [6.07, 6.45) is 2.34. The molecule has 2 heterocycles. The van der Waals surface area contributed by atoms with Crippen LogP contribution in [0.3, 0.4) is 0 Å². The second kappa shape index (κ2) is 13.3. The zero-order valence-electron chi connectivity index (χ0n) is 19.3. The highest BCUT2D eigenvalue weighted by Crippen LogP contribution is 2.35. The van der Waals surface area contributed by atoms with Gasteiger partial charge in [0.2, 0.25) is 0 Å². The largest absolute Gasteiger partial charge is 0.383 e. The zero-order valence-corrected chi connectivity index (χ0v) is 22.4. The number of ether oxygens (including phenoxy) is 1. The number of benzene rings is 1. The fraction of sp³-hybridized carbons (Fsp3) is 0.591. The van der Waals surface area contributed by atoms with Crippen LogP contribution in [-0.2, 0) is 18.3 Å². The van der Waals surface area contributed by atoms with Crippen LogP contribution in [0.25, 0.3) is 0 Å². The van der Waals surface area contributed by atoms with Gasteiger partial charge in [0.25, 0.3) is 0 Å². The molecule has 0 spiro atoms. The number of methoxy groups -OCH3 is 1. The average Bonchev–Trinajstić information content (AvgIpc) is 3.07. The van der Waals surface area contributed by atoms with Gasteiger partial charge in [0.1, 0.15) is 12.4 Å². The Morgan fingerprint density at radius 3 is 2.78 bits per heavy atom. The van der Waals surface area contributed by atoms with Crippen molar-refractivity contribution in [2.24, 2.45) is 18.0 Å². The van der Waals surface area contributed by atoms with Crippen molar-refractivity contribution in [1.29, 1.82) is 0 Å². The molecule has 2 unspecified atom stereocenters. The molecule has 1 aliphatic rings. The maximum absolute atomic E-state index is 6.28. The number of guanidine groups is 1. The minimum Gasteiger partial charge on any atom is -0.383 e. The van der Waals surface area contributed by atoms with Crippen LogP contribution in [0.15, 0.2) is 29.3 Å². The van der Waals surface area contributed by atoms with Gasteiger partial charge in [-0.05, 0) is 57.0 Å². The van der Waals surface area contributed by atoms with Crippen LogP contribution in [0.2, 0.25) is 5.02 Å². The first-order chi connectivity index (χ1) is 15.0. The molecule has 178 valence electrons. The van der Waals surface area contributed by atoms with E-state index in [1.165, 1.54) is 12.0 Å². The van der Waals surface area contributed by atoms with Crippen LogP contribution in [0.1, 0.15) is 36.1 Å². The third-order valence-corrected chi connectivity index (χ3v) is 6.12. The molecule has 2 N–H and O–H groups in total. The van der Waals surface area contributed by atoms with Gasteiger partial charge in [-0.3, -0.25) is 4.90 Å². The van der Waals surface area contributed by atoms with Crippen LogP contribution in [0, 0.1) is 12.8 Å². The normalized spacial score (nSPS) is 19.5. The standard InChI is InChI=1S/C22H34ClN7O.HI/c1-16-27-28-20(30(16)3)15-26-22(24-10-12-31-4)25-14-18-8-6-11-29(2)21(18)17-7-5-9-19(23)13-17;/h5,7,9,13,18,21H,6,8,10-12,14-15H2,1-4H3,(H2,24,25,26);1H. The Kier molecular flexibility index (Phi) is 11.2. The van der Waals surface area contributed by atoms with Gasteiger partial charge in [0.15, 0.2) is 11.8 Å². The number of aliphatic imine (C=N–C) groups is 1. The average molecular weight is 576 g/mol. The van der Waals surface area contributed by atoms with E-state index in [0.29, 0.717) is 31.7 Å². The number of hydrogen-bond acceptors (Lipinski definition) is 5. The topological polar surface area (TPSA) is 79.6 Å². The van der Waals surface area contributed by atoms with Gasteiger partial charge in [-0.2, -0.15) is 0 Å². The van der Waals surface area contributed by atoms with E-state index in [4.69, 9.17) is 21.3 Å². The van der Waals surface area contributed by atoms with Gasteiger partial charge in [0, 0.05) is 38.3 Å². The Morgan fingerprint density at radius 1 is 1.28 bits per heavy atom. The van der Waals surface area contributed by atoms with Gasteiger partial charge in [-0.1, -0.05) is 23.7 Å². The fourth-order valence-corrected chi connectivity index (χ4v) is 4.30. The second-order valence-corrected chi connectivity index (χ2v) is 8.51. The predicted molar refractivity (Wildman–Crippen MR) is 140 cm³/mol. The first kappa shape index (κ1) is 26.8. The molecule has 0 bridgehead atoms. The highest BCUT2D eigenvalue weighted by atomic mass is 127. The molecular weight excluding hydrogens is 541 g/mol. The molecule has 2 aromatic rings. The Bertz CT molecular complexity index is 876. The van der Waals surface area contributed by atoms with Gasteiger partial charge in [-0.15, -0.1) is 34.2 Å². The number of aryl methyl sites for hydroxylation is 1. The molecule has 1 aliphatic heterocycles. The number of nitrogens with one attached hydrogen (secondary N) is 2. The number of likely N-dealkylation sites (tertiary alicyclic amines) is 1. The molecule has 0 radical (unpaired) electrons. The maximum atomic E-state index is 6.28. The molecule has 2 atom stereocenters. The Balaban J connectivity index is 0.00000363. The summed E-state index contributed by atoms with van der Waals surface area (Å²) in [7, 11) is 5.85. The molecule has 1 aromatic heterocycles. The molecule has 1 fully saturated rings. The number of aromatic nitrogens is 3. The van der Waals surface area contributed by atoms with E-state index in [1.807, 2.05) is 30.7 Å². The van der Waals surface area contributed by atoms with Crippen molar-refractivity contribution in [2.75, 3.05) is 40.4 Å². The summed E-state index contributed by atoms with van der Waals surface area (Å²) in [6, 6.07) is 8.55. The van der Waals surface area contributed by atoms with Crippen molar-refractivity contribution in [3.8, 4) is 0 Å². The second-order valence-electron chi connectivity index (χ2n) is 8.07. The van der Waals surface area contributed by atoms with Crippen molar-refractivity contribution in [2.45, 2.75) is 32.4 Å². The first-order valence-electron chi connectivity index (χ1n) is 10.8. The van der Waals surface area contributed by atoms with Crippen molar-refractivity contribution in [3.05, 3.63) is 46.5 Å². The summed E-state index contributed by atoms with van der Waals surface area (Å²) < 4.78 is 7.14. The number of halogens is 2. The van der Waals surface area contributed by atoms with Crippen molar-refractivity contribution >= 4 is 41.5 Å². The summed E-state index contributed by atoms with van der Waals surface area (Å²) in [4.78, 5) is 7.17. The predicted octanol–water partition coefficient (Wildman–Crippen LogP) is 3.16. The van der Waals surface area contributed by atoms with Crippen LogP contribution in [0.4, 0.5) is 0 Å². The third-order valence-electron chi connectivity index (χ3n) is 5.89. The minimum atomic E-state index is 0. The molecule has 0 saturated carbocycles. The van der Waals surface area contributed by atoms with Crippen LogP contribution in [0.5, 0.6) is 0 Å². The Morgan fingerprint density at radius 2 is 2.09 bits per heavy atom. The lowest BCUT2D eigenvalue weighted by Gasteiger charge is -2.40. The van der Waals surface area contributed by atoms with Crippen molar-refractivity contribution in [3.63, 3.8) is 0 Å². The lowest BCUT2D eigenvalue weighted by molar-refractivity contribution is 0.122. The smallest absolute Gasteiger partial charge is 0.191 e. The molecule has 10 heteroatoms. The van der Waals surface area contributed by atoms with E-state index in [0.717, 1.165) is 42.1 Å². The molecule has 1 aromatic carbocycles. The van der Waals surface area contributed by atoms with Crippen LogP contribution in [-0.4, -0.2) is 66.0 Å². The third kappa shape index (κ3) is 7.29. The minimum absolute atomic E-state index is 0. The summed E-state index contributed by atoms with van der Waals surface area (Å²) in [5.41, 5.74) is 1.27. The SMILES string of the molecule is COCCNC(=NCc1nnc(C)n1C)NCC1CCCN(C)C1c1cccc(Cl)c1.I. The molecule has 0 amide bonds. The van der Waals surface area contributed by atoms with Crippen molar-refractivity contribution < 1.29 is 4.74 Å². The Labute approximate surface area is 213 Å². The van der Waals surface area contributed by atoms with E-state index in [-0.39, 0.29) is 24.0 Å². The highest BCUT2D eigenvalue weighted by Gasteiger charge is 2.30. The summed E-state index contributed by atoms with van der Waals surface area (Å²) >= 11 is 6.28. The van der Waals surface area contributed by atoms with Gasteiger partial charge < -0.3 is 19.9 Å². The van der Waals surface area contributed by atoms with E-state index < -0.39 is 0 Å². The van der Waals surface area contributed by atoms with E-state index >= 15 is 0 Å². The highest BCUT2D eigenvalue weighted by molar-refractivity contribution is 14.0. The first-order valence-corrected chi connectivity index (χ1v) is 11.2. The fourth-order valence-electron chi connectivity index (χ4n) is 4.10. The number of nitrogens with zero attached hydrogens (tertiary/aromatic N) is 5. The monoisotopic (exact) mass is 575 g/mol. The molecule has 32 heavy (non-hydrogen) atoms. The number of piperidine rings is 1. The molecule has 0 aliphatic carbocycles. The van der Waals surface area contributed by atoms with Gasteiger partial charge >= 0.3 is 0 Å². The number of hydrogen-bond donors (Lipinski definition) is 2. The van der Waals surface area contributed by atoms with Gasteiger partial charge in [0.05, 0.1) is 6.61 Å². The van der Waals surface area contributed by atoms with Crippen molar-refractivity contribution in [1.82, 2.24) is 30.3 Å². The Hall–Kier alpha value is -1.43. The van der Waals surface area contributed by atoms with Crippen LogP contribution < -0.4 is 10.6 Å². The van der Waals surface area contributed by atoms with E-state index in [1.54, 1.807) is 7.11 Å². The summed E-state index contributed by atoms with van der Waals surface area (Å²) in [5, 5.41) is 16.0. The lowest BCUT2D eigenvalue weighted by atomic mass is 9.85. The molecular formula is C22H35ClIN7O. The summed E-state index contributed by atoms with van der Waals surface area (Å²) in [5.74, 6) is 2.92. The van der Waals surface area contributed by atoms with Gasteiger partial charge in [-0.25, -0.2) is 4.99 Å². The lowest BCUT2D eigenvalue weighted by Crippen LogP contribution is -2.45.